The zero-order chi connectivity index (χ0) is 20.5. The molecule has 2 fully saturated rings. The number of nitrogens with zero attached hydrogens (tertiary/aromatic N) is 3. The number of piperazine rings is 1. The zero-order valence-corrected chi connectivity index (χ0v) is 18.3. The molecule has 2 saturated heterocycles. The number of aliphatic hydroxyl groups excluding tert-OH is 1. The van der Waals surface area contributed by atoms with E-state index in [2.05, 4.69) is 58.5 Å². The van der Waals surface area contributed by atoms with Gasteiger partial charge in [-0.15, -0.1) is 11.3 Å². The van der Waals surface area contributed by atoms with Crippen molar-refractivity contribution in [2.45, 2.75) is 32.0 Å². The van der Waals surface area contributed by atoms with E-state index in [1.165, 1.54) is 10.1 Å². The summed E-state index contributed by atoms with van der Waals surface area (Å²) in [5.74, 6) is 1.12. The monoisotopic (exact) mass is 423 g/mol. The quantitative estimate of drug-likeness (QED) is 0.677. The van der Waals surface area contributed by atoms with Crippen LogP contribution in [0.4, 0.5) is 5.82 Å². The number of benzene rings is 1. The van der Waals surface area contributed by atoms with Gasteiger partial charge in [-0.25, -0.2) is 4.98 Å². The standard InChI is InChI=1S/C24H29N3O2S/c1-2-26-9-11-27(12-10-26)24-23-19(8-14-30-23)15-21(25-24)17-3-5-18(6-4-17)22-16-20(28)7-13-29-22/h3-6,8,14-15,20,22,28H,2,7,9-13,16H2,1H3/t20-,22?/m1/s1. The molecule has 0 amide bonds. The number of fused-ring (bicyclic) bond motifs is 1. The maximum absolute atomic E-state index is 9.94. The van der Waals surface area contributed by atoms with Crippen LogP contribution in [0.5, 0.6) is 0 Å². The highest BCUT2D eigenvalue weighted by molar-refractivity contribution is 7.17. The van der Waals surface area contributed by atoms with Crippen LogP contribution in [-0.4, -0.2) is 60.4 Å². The third kappa shape index (κ3) is 3.97. The summed E-state index contributed by atoms with van der Waals surface area (Å²) in [4.78, 5) is 10.1. The molecule has 0 saturated carbocycles. The predicted octanol–water partition coefficient (Wildman–Crippen LogP) is 4.32. The fraction of sp³-hybridized carbons (Fsp3) is 0.458. The average Bonchev–Trinajstić information content (AvgIpc) is 3.27. The molecule has 158 valence electrons. The lowest BCUT2D eigenvalue weighted by Gasteiger charge is -2.35. The summed E-state index contributed by atoms with van der Waals surface area (Å²) in [7, 11) is 0. The number of ether oxygens (including phenoxy) is 1. The van der Waals surface area contributed by atoms with Crippen molar-refractivity contribution in [2.24, 2.45) is 0 Å². The molecule has 30 heavy (non-hydrogen) atoms. The Morgan fingerprint density at radius 2 is 1.93 bits per heavy atom. The summed E-state index contributed by atoms with van der Waals surface area (Å²) in [5.41, 5.74) is 3.27. The first-order valence-corrected chi connectivity index (χ1v) is 11.8. The van der Waals surface area contributed by atoms with Crippen LogP contribution in [0.25, 0.3) is 21.3 Å². The molecule has 0 radical (unpaired) electrons. The first-order valence-electron chi connectivity index (χ1n) is 11.0. The predicted molar refractivity (Wildman–Crippen MR) is 123 cm³/mol. The van der Waals surface area contributed by atoms with Crippen LogP contribution in [0.2, 0.25) is 0 Å². The largest absolute Gasteiger partial charge is 0.393 e. The molecule has 1 N–H and O–H groups in total. The van der Waals surface area contributed by atoms with Gasteiger partial charge in [-0.3, -0.25) is 0 Å². The van der Waals surface area contributed by atoms with E-state index < -0.39 is 0 Å². The van der Waals surface area contributed by atoms with Crippen molar-refractivity contribution in [3.05, 3.63) is 47.3 Å². The molecule has 2 aromatic heterocycles. The van der Waals surface area contributed by atoms with Crippen molar-refractivity contribution in [2.75, 3.05) is 44.2 Å². The van der Waals surface area contributed by atoms with Gasteiger partial charge in [0.15, 0.2) is 0 Å². The normalized spacial score (nSPS) is 23.2. The Balaban J connectivity index is 1.43. The van der Waals surface area contributed by atoms with Crippen LogP contribution < -0.4 is 4.90 Å². The van der Waals surface area contributed by atoms with Crippen LogP contribution in [0.3, 0.4) is 0 Å². The average molecular weight is 424 g/mol. The second kappa shape index (κ2) is 8.63. The number of aliphatic hydroxyl groups is 1. The maximum atomic E-state index is 9.94. The van der Waals surface area contributed by atoms with E-state index in [1.807, 2.05) is 0 Å². The van der Waals surface area contributed by atoms with E-state index in [9.17, 15) is 5.11 Å². The van der Waals surface area contributed by atoms with E-state index in [0.29, 0.717) is 13.0 Å². The molecule has 1 aromatic carbocycles. The van der Waals surface area contributed by atoms with Gasteiger partial charge in [0, 0.05) is 44.8 Å². The molecule has 0 bridgehead atoms. The molecule has 5 nitrogen and oxygen atoms in total. The molecule has 1 unspecified atom stereocenters. The number of anilines is 1. The summed E-state index contributed by atoms with van der Waals surface area (Å²) in [6, 6.07) is 12.9. The number of hydrogen-bond acceptors (Lipinski definition) is 6. The highest BCUT2D eigenvalue weighted by Gasteiger charge is 2.23. The minimum atomic E-state index is -0.262. The van der Waals surface area contributed by atoms with Crippen molar-refractivity contribution >= 4 is 27.2 Å². The minimum Gasteiger partial charge on any atom is -0.393 e. The van der Waals surface area contributed by atoms with Gasteiger partial charge in [0.2, 0.25) is 0 Å². The van der Waals surface area contributed by atoms with Gasteiger partial charge in [-0.2, -0.15) is 0 Å². The van der Waals surface area contributed by atoms with E-state index in [4.69, 9.17) is 9.72 Å². The molecule has 2 aliphatic rings. The Hall–Kier alpha value is -1.99. The molecule has 3 aromatic rings. The second-order valence-corrected chi connectivity index (χ2v) is 9.17. The summed E-state index contributed by atoms with van der Waals surface area (Å²) >= 11 is 1.78. The molecule has 2 atom stereocenters. The molecule has 0 spiro atoms. The van der Waals surface area contributed by atoms with Gasteiger partial charge in [0.1, 0.15) is 5.82 Å². The summed E-state index contributed by atoms with van der Waals surface area (Å²) in [6.07, 6.45) is 1.13. The first-order chi connectivity index (χ1) is 14.7. The Bertz CT molecular complexity index is 995. The molecule has 2 aliphatic heterocycles. The summed E-state index contributed by atoms with van der Waals surface area (Å²) in [5, 5.41) is 13.4. The van der Waals surface area contributed by atoms with Crippen LogP contribution in [-0.2, 0) is 4.74 Å². The summed E-state index contributed by atoms with van der Waals surface area (Å²) < 4.78 is 7.14. The van der Waals surface area contributed by atoms with E-state index >= 15 is 0 Å². The zero-order valence-electron chi connectivity index (χ0n) is 17.5. The maximum Gasteiger partial charge on any atom is 0.147 e. The van der Waals surface area contributed by atoms with E-state index in [-0.39, 0.29) is 12.2 Å². The fourth-order valence-electron chi connectivity index (χ4n) is 4.48. The molecule has 5 rings (SSSR count). The number of rotatable bonds is 4. The number of hydrogen-bond donors (Lipinski definition) is 1. The van der Waals surface area contributed by atoms with Crippen molar-refractivity contribution in [1.29, 1.82) is 0 Å². The highest BCUT2D eigenvalue weighted by atomic mass is 32.1. The molecular formula is C24H29N3O2S. The van der Waals surface area contributed by atoms with Gasteiger partial charge in [-0.05, 0) is 41.4 Å². The number of pyridine rings is 1. The van der Waals surface area contributed by atoms with Crippen LogP contribution in [0.15, 0.2) is 41.8 Å². The highest BCUT2D eigenvalue weighted by Crippen LogP contribution is 2.35. The smallest absolute Gasteiger partial charge is 0.147 e. The van der Waals surface area contributed by atoms with Crippen molar-refractivity contribution in [3.8, 4) is 11.3 Å². The van der Waals surface area contributed by atoms with E-state index in [0.717, 1.165) is 61.8 Å². The van der Waals surface area contributed by atoms with Gasteiger partial charge in [0.05, 0.1) is 22.6 Å². The Morgan fingerprint density at radius 1 is 1.13 bits per heavy atom. The third-order valence-corrected chi connectivity index (χ3v) is 7.30. The lowest BCUT2D eigenvalue weighted by molar-refractivity contribution is -0.0447. The van der Waals surface area contributed by atoms with Gasteiger partial charge in [-0.1, -0.05) is 31.2 Å². The number of aromatic nitrogens is 1. The van der Waals surface area contributed by atoms with E-state index in [1.54, 1.807) is 11.3 Å². The second-order valence-electron chi connectivity index (χ2n) is 8.25. The molecule has 4 heterocycles. The van der Waals surface area contributed by atoms with Crippen LogP contribution in [0, 0.1) is 0 Å². The van der Waals surface area contributed by atoms with Crippen LogP contribution in [0.1, 0.15) is 31.4 Å². The van der Waals surface area contributed by atoms with Crippen molar-refractivity contribution in [1.82, 2.24) is 9.88 Å². The van der Waals surface area contributed by atoms with Gasteiger partial charge >= 0.3 is 0 Å². The van der Waals surface area contributed by atoms with Crippen molar-refractivity contribution < 1.29 is 9.84 Å². The fourth-order valence-corrected chi connectivity index (χ4v) is 5.37. The topological polar surface area (TPSA) is 48.8 Å². The minimum absolute atomic E-state index is 0.0134. The third-order valence-electron chi connectivity index (χ3n) is 6.37. The van der Waals surface area contributed by atoms with Crippen LogP contribution >= 0.6 is 11.3 Å². The summed E-state index contributed by atoms with van der Waals surface area (Å²) in [6.45, 7) is 8.21. The SMILES string of the molecule is CCN1CCN(c2nc(-c3ccc(C4C[C@H](O)CCO4)cc3)cc3ccsc23)CC1. The molecular weight excluding hydrogens is 394 g/mol. The number of thiophene rings is 1. The Kier molecular flexibility index (Phi) is 5.74. The van der Waals surface area contributed by atoms with Gasteiger partial charge in [0.25, 0.3) is 0 Å². The Labute approximate surface area is 181 Å². The first kappa shape index (κ1) is 19.9. The Morgan fingerprint density at radius 3 is 2.67 bits per heavy atom. The lowest BCUT2D eigenvalue weighted by Crippen LogP contribution is -2.46. The lowest BCUT2D eigenvalue weighted by atomic mass is 9.98. The van der Waals surface area contributed by atoms with Gasteiger partial charge < -0.3 is 19.6 Å². The molecule has 0 aliphatic carbocycles. The number of likely N-dealkylation sites (N-methyl/N-ethyl adjacent to an activating group) is 1. The molecule has 6 heteroatoms. The van der Waals surface area contributed by atoms with Crippen molar-refractivity contribution in [3.63, 3.8) is 0 Å².